The summed E-state index contributed by atoms with van der Waals surface area (Å²) in [6.45, 7) is 2.42. The van der Waals surface area contributed by atoms with Crippen LogP contribution in [0.4, 0.5) is 11.4 Å². The second kappa shape index (κ2) is 6.09. The summed E-state index contributed by atoms with van der Waals surface area (Å²) in [7, 11) is 0. The highest BCUT2D eigenvalue weighted by Gasteiger charge is 2.05. The van der Waals surface area contributed by atoms with E-state index in [1.54, 1.807) is 6.92 Å². The Balaban J connectivity index is 1.64. The lowest BCUT2D eigenvalue weighted by Gasteiger charge is -2.09. The quantitative estimate of drug-likeness (QED) is 0.700. The molecular formula is C16H16N4O. The fraction of sp³-hybridized carbons (Fsp3) is 0.125. The molecule has 0 unspecified atom stereocenters. The predicted molar refractivity (Wildman–Crippen MR) is 83.0 cm³/mol. The highest BCUT2D eigenvalue weighted by atomic mass is 16.5. The molecular weight excluding hydrogens is 264 g/mol. The van der Waals surface area contributed by atoms with Gasteiger partial charge in [0.05, 0.1) is 6.67 Å². The number of nitrogens with zero attached hydrogens (tertiary/aromatic N) is 2. The third-order valence-electron chi connectivity index (χ3n) is 3.01. The van der Waals surface area contributed by atoms with Gasteiger partial charge in [-0.1, -0.05) is 35.5 Å². The number of hydrogen-bond acceptors (Lipinski definition) is 5. The Morgan fingerprint density at radius 1 is 0.952 bits per heavy atom. The van der Waals surface area contributed by atoms with Gasteiger partial charge in [-0.25, -0.2) is 0 Å². The molecule has 0 atom stereocenters. The topological polar surface area (TPSA) is 63.0 Å². The van der Waals surface area contributed by atoms with E-state index < -0.39 is 0 Å². The van der Waals surface area contributed by atoms with Gasteiger partial charge in [0.15, 0.2) is 0 Å². The Kier molecular flexibility index (Phi) is 3.82. The number of aromatic nitrogens is 2. The molecule has 0 radical (unpaired) electrons. The molecule has 0 amide bonds. The van der Waals surface area contributed by atoms with Crippen molar-refractivity contribution in [2.75, 3.05) is 17.3 Å². The molecule has 3 aromatic rings. The van der Waals surface area contributed by atoms with Crippen LogP contribution in [-0.4, -0.2) is 16.8 Å². The van der Waals surface area contributed by atoms with E-state index in [0.29, 0.717) is 18.4 Å². The molecule has 5 nitrogen and oxygen atoms in total. The standard InChI is InChI=1S/C16H16N4O/c1-12-19-16(20-21-12)13-6-5-9-15(10-13)18-11-17-14-7-3-2-4-8-14/h2-10,17-18H,11H2,1H3. The van der Waals surface area contributed by atoms with Crippen molar-refractivity contribution in [2.24, 2.45) is 0 Å². The molecule has 2 aromatic carbocycles. The third kappa shape index (κ3) is 3.39. The lowest BCUT2D eigenvalue weighted by molar-refractivity contribution is 0.394. The number of para-hydroxylation sites is 1. The van der Waals surface area contributed by atoms with Crippen LogP contribution in [0.5, 0.6) is 0 Å². The second-order valence-corrected chi connectivity index (χ2v) is 4.61. The number of aryl methyl sites for hydroxylation is 1. The van der Waals surface area contributed by atoms with Crippen molar-refractivity contribution < 1.29 is 4.52 Å². The van der Waals surface area contributed by atoms with Gasteiger partial charge in [-0.2, -0.15) is 4.98 Å². The van der Waals surface area contributed by atoms with Crippen molar-refractivity contribution in [3.8, 4) is 11.4 Å². The first-order chi connectivity index (χ1) is 10.3. The maximum Gasteiger partial charge on any atom is 0.223 e. The van der Waals surface area contributed by atoms with Crippen molar-refractivity contribution >= 4 is 11.4 Å². The summed E-state index contributed by atoms with van der Waals surface area (Å²) in [4.78, 5) is 4.23. The molecule has 0 aliphatic heterocycles. The minimum Gasteiger partial charge on any atom is -0.368 e. The van der Waals surface area contributed by atoms with E-state index in [4.69, 9.17) is 4.52 Å². The zero-order valence-electron chi connectivity index (χ0n) is 11.7. The summed E-state index contributed by atoms with van der Waals surface area (Å²) in [6.07, 6.45) is 0. The number of hydrogen-bond donors (Lipinski definition) is 2. The van der Waals surface area contributed by atoms with Crippen LogP contribution in [0.3, 0.4) is 0 Å². The van der Waals surface area contributed by atoms with Gasteiger partial charge in [0, 0.05) is 23.9 Å². The molecule has 0 saturated carbocycles. The van der Waals surface area contributed by atoms with E-state index in [1.807, 2.05) is 54.6 Å². The summed E-state index contributed by atoms with van der Waals surface area (Å²) in [5, 5.41) is 10.5. The fourth-order valence-corrected chi connectivity index (χ4v) is 1.99. The average Bonchev–Trinajstić information content (AvgIpc) is 2.95. The van der Waals surface area contributed by atoms with Gasteiger partial charge in [-0.15, -0.1) is 0 Å². The van der Waals surface area contributed by atoms with Crippen LogP contribution < -0.4 is 10.6 Å². The molecule has 0 saturated heterocycles. The summed E-state index contributed by atoms with van der Waals surface area (Å²) in [6, 6.07) is 18.0. The predicted octanol–water partition coefficient (Wildman–Crippen LogP) is 3.53. The van der Waals surface area contributed by atoms with E-state index >= 15 is 0 Å². The van der Waals surface area contributed by atoms with Crippen LogP contribution in [0, 0.1) is 6.92 Å². The van der Waals surface area contributed by atoms with Crippen molar-refractivity contribution in [1.82, 2.24) is 10.1 Å². The Morgan fingerprint density at radius 2 is 1.71 bits per heavy atom. The van der Waals surface area contributed by atoms with Crippen LogP contribution >= 0.6 is 0 Å². The second-order valence-electron chi connectivity index (χ2n) is 4.61. The van der Waals surface area contributed by atoms with Gasteiger partial charge in [0.2, 0.25) is 11.7 Å². The molecule has 3 rings (SSSR count). The van der Waals surface area contributed by atoms with Crippen molar-refractivity contribution in [3.05, 3.63) is 60.5 Å². The summed E-state index contributed by atoms with van der Waals surface area (Å²) in [5.74, 6) is 1.17. The van der Waals surface area contributed by atoms with E-state index in [9.17, 15) is 0 Å². The monoisotopic (exact) mass is 280 g/mol. The molecule has 0 aliphatic carbocycles. The molecule has 2 N–H and O–H groups in total. The van der Waals surface area contributed by atoms with Crippen LogP contribution in [-0.2, 0) is 0 Å². The van der Waals surface area contributed by atoms with Gasteiger partial charge >= 0.3 is 0 Å². The highest BCUT2D eigenvalue weighted by molar-refractivity contribution is 5.62. The normalized spacial score (nSPS) is 10.3. The SMILES string of the molecule is Cc1nc(-c2cccc(NCNc3ccccc3)c2)no1. The van der Waals surface area contributed by atoms with E-state index in [1.165, 1.54) is 0 Å². The van der Waals surface area contributed by atoms with Gasteiger partial charge in [0.1, 0.15) is 0 Å². The van der Waals surface area contributed by atoms with Gasteiger partial charge in [-0.05, 0) is 24.3 Å². The zero-order valence-corrected chi connectivity index (χ0v) is 11.7. The number of rotatable bonds is 5. The molecule has 1 aromatic heterocycles. The molecule has 0 spiro atoms. The average molecular weight is 280 g/mol. The molecule has 5 heteroatoms. The van der Waals surface area contributed by atoms with Crippen LogP contribution in [0.1, 0.15) is 5.89 Å². The summed E-state index contributed by atoms with van der Waals surface area (Å²) in [5.41, 5.74) is 3.00. The lowest BCUT2D eigenvalue weighted by atomic mass is 10.2. The first-order valence-electron chi connectivity index (χ1n) is 6.75. The van der Waals surface area contributed by atoms with Crippen molar-refractivity contribution in [3.63, 3.8) is 0 Å². The highest BCUT2D eigenvalue weighted by Crippen LogP contribution is 2.19. The van der Waals surface area contributed by atoms with Crippen LogP contribution in [0.25, 0.3) is 11.4 Å². The van der Waals surface area contributed by atoms with E-state index in [0.717, 1.165) is 16.9 Å². The van der Waals surface area contributed by atoms with E-state index in [2.05, 4.69) is 20.8 Å². The maximum atomic E-state index is 5.00. The molecule has 0 bridgehead atoms. The largest absolute Gasteiger partial charge is 0.368 e. The smallest absolute Gasteiger partial charge is 0.223 e. The molecule has 21 heavy (non-hydrogen) atoms. The van der Waals surface area contributed by atoms with Gasteiger partial charge < -0.3 is 15.2 Å². The minimum atomic E-state index is 0.564. The number of benzene rings is 2. The van der Waals surface area contributed by atoms with Crippen LogP contribution in [0.2, 0.25) is 0 Å². The molecule has 0 aliphatic rings. The summed E-state index contributed by atoms with van der Waals surface area (Å²) < 4.78 is 5.00. The van der Waals surface area contributed by atoms with E-state index in [-0.39, 0.29) is 0 Å². The lowest BCUT2D eigenvalue weighted by Crippen LogP contribution is -2.11. The van der Waals surface area contributed by atoms with Crippen molar-refractivity contribution in [1.29, 1.82) is 0 Å². The van der Waals surface area contributed by atoms with Gasteiger partial charge in [0.25, 0.3) is 0 Å². The van der Waals surface area contributed by atoms with Crippen LogP contribution in [0.15, 0.2) is 59.1 Å². The molecule has 0 fully saturated rings. The zero-order chi connectivity index (χ0) is 14.5. The summed E-state index contributed by atoms with van der Waals surface area (Å²) >= 11 is 0. The number of nitrogens with one attached hydrogen (secondary N) is 2. The van der Waals surface area contributed by atoms with Gasteiger partial charge in [-0.3, -0.25) is 0 Å². The number of anilines is 2. The Labute approximate surface area is 123 Å². The molecule has 1 heterocycles. The molecule has 106 valence electrons. The first kappa shape index (κ1) is 13.2. The maximum absolute atomic E-state index is 5.00. The Bertz CT molecular complexity index is 709. The minimum absolute atomic E-state index is 0.564. The third-order valence-corrected chi connectivity index (χ3v) is 3.01. The Hall–Kier alpha value is -2.82. The van der Waals surface area contributed by atoms with Crippen molar-refractivity contribution in [2.45, 2.75) is 6.92 Å². The fourth-order valence-electron chi connectivity index (χ4n) is 1.99. The first-order valence-corrected chi connectivity index (χ1v) is 6.75. The Morgan fingerprint density at radius 3 is 2.48 bits per heavy atom.